The van der Waals surface area contributed by atoms with Crippen molar-refractivity contribution in [3.05, 3.63) is 40.4 Å². The minimum absolute atomic E-state index is 0.00860. The number of ether oxygens (including phenoxy) is 1. The normalized spacial score (nSPS) is 15.1. The fraction of sp³-hybridized carbons (Fsp3) is 0.474. The predicted octanol–water partition coefficient (Wildman–Crippen LogP) is 3.76. The average molecular weight is 359 g/mol. The summed E-state index contributed by atoms with van der Waals surface area (Å²) in [5.74, 6) is 0.569. The van der Waals surface area contributed by atoms with E-state index in [1.807, 2.05) is 37.4 Å². The van der Waals surface area contributed by atoms with E-state index in [0.29, 0.717) is 5.13 Å². The summed E-state index contributed by atoms with van der Waals surface area (Å²) in [6, 6.07) is 5.97. The number of anilines is 1. The SMILES string of the molecule is Cc1ccc(C)c(OCC(=O)Nc2nc(CN3CCCCC3)cs2)c1. The highest BCUT2D eigenvalue weighted by atomic mass is 32.1. The topological polar surface area (TPSA) is 54.5 Å². The molecule has 2 heterocycles. The van der Waals surface area contributed by atoms with Crippen LogP contribution in [0.1, 0.15) is 36.1 Å². The number of likely N-dealkylation sites (tertiary alicyclic amines) is 1. The van der Waals surface area contributed by atoms with Crippen LogP contribution < -0.4 is 10.1 Å². The molecule has 1 aromatic carbocycles. The number of aryl methyl sites for hydroxylation is 2. The van der Waals surface area contributed by atoms with E-state index in [1.165, 1.54) is 30.6 Å². The van der Waals surface area contributed by atoms with Crippen molar-refractivity contribution in [2.45, 2.75) is 39.7 Å². The summed E-state index contributed by atoms with van der Waals surface area (Å²) >= 11 is 1.47. The van der Waals surface area contributed by atoms with Crippen LogP contribution >= 0.6 is 11.3 Å². The Hall–Kier alpha value is -1.92. The van der Waals surface area contributed by atoms with E-state index in [4.69, 9.17) is 4.74 Å². The Morgan fingerprint density at radius 3 is 2.88 bits per heavy atom. The van der Waals surface area contributed by atoms with Gasteiger partial charge in [-0.15, -0.1) is 11.3 Å². The lowest BCUT2D eigenvalue weighted by Gasteiger charge is -2.25. The van der Waals surface area contributed by atoms with Gasteiger partial charge in [0.15, 0.2) is 11.7 Å². The molecule has 1 aliphatic heterocycles. The van der Waals surface area contributed by atoms with Gasteiger partial charge in [-0.1, -0.05) is 18.6 Å². The van der Waals surface area contributed by atoms with Crippen LogP contribution in [0.25, 0.3) is 0 Å². The minimum Gasteiger partial charge on any atom is -0.483 e. The number of amides is 1. The van der Waals surface area contributed by atoms with Gasteiger partial charge in [0.1, 0.15) is 5.75 Å². The van der Waals surface area contributed by atoms with Gasteiger partial charge in [-0.25, -0.2) is 4.98 Å². The van der Waals surface area contributed by atoms with Gasteiger partial charge in [-0.05, 0) is 57.0 Å². The van der Waals surface area contributed by atoms with Gasteiger partial charge >= 0.3 is 0 Å². The molecule has 5 nitrogen and oxygen atoms in total. The minimum atomic E-state index is -0.181. The third-order valence-corrected chi connectivity index (χ3v) is 5.14. The zero-order valence-corrected chi connectivity index (χ0v) is 15.7. The quantitative estimate of drug-likeness (QED) is 0.853. The molecule has 1 saturated heterocycles. The highest BCUT2D eigenvalue weighted by Gasteiger charge is 2.13. The molecule has 1 N–H and O–H groups in total. The van der Waals surface area contributed by atoms with Crippen LogP contribution in [0.2, 0.25) is 0 Å². The Bertz CT molecular complexity index is 723. The number of nitrogens with zero attached hydrogens (tertiary/aromatic N) is 2. The maximum Gasteiger partial charge on any atom is 0.264 e. The monoisotopic (exact) mass is 359 g/mol. The summed E-state index contributed by atoms with van der Waals surface area (Å²) < 4.78 is 5.64. The smallest absolute Gasteiger partial charge is 0.264 e. The number of carbonyl (C=O) groups excluding carboxylic acids is 1. The number of hydrogen-bond acceptors (Lipinski definition) is 5. The van der Waals surface area contributed by atoms with Crippen molar-refractivity contribution in [1.29, 1.82) is 0 Å². The van der Waals surface area contributed by atoms with Gasteiger partial charge in [-0.3, -0.25) is 15.0 Å². The van der Waals surface area contributed by atoms with E-state index in [1.54, 1.807) is 0 Å². The number of aromatic nitrogens is 1. The Morgan fingerprint density at radius 1 is 1.28 bits per heavy atom. The van der Waals surface area contributed by atoms with Gasteiger partial charge in [-0.2, -0.15) is 0 Å². The Balaban J connectivity index is 1.48. The zero-order valence-electron chi connectivity index (χ0n) is 14.9. The number of hydrogen-bond donors (Lipinski definition) is 1. The van der Waals surface area contributed by atoms with Crippen molar-refractivity contribution in [2.24, 2.45) is 0 Å². The van der Waals surface area contributed by atoms with Gasteiger partial charge in [0.2, 0.25) is 0 Å². The molecule has 25 heavy (non-hydrogen) atoms. The van der Waals surface area contributed by atoms with Crippen molar-refractivity contribution < 1.29 is 9.53 Å². The maximum absolute atomic E-state index is 12.1. The Labute approximate surface area is 153 Å². The molecular formula is C19H25N3O2S. The number of piperidine rings is 1. The van der Waals surface area contributed by atoms with Crippen LogP contribution in [0, 0.1) is 13.8 Å². The third-order valence-electron chi connectivity index (χ3n) is 4.33. The molecule has 0 aliphatic carbocycles. The van der Waals surface area contributed by atoms with E-state index in [9.17, 15) is 4.79 Å². The van der Waals surface area contributed by atoms with Crippen molar-refractivity contribution in [3.8, 4) is 5.75 Å². The number of carbonyl (C=O) groups is 1. The van der Waals surface area contributed by atoms with Gasteiger partial charge in [0, 0.05) is 11.9 Å². The molecule has 2 aromatic rings. The molecule has 0 radical (unpaired) electrons. The molecule has 1 amide bonds. The highest BCUT2D eigenvalue weighted by Crippen LogP contribution is 2.20. The van der Waals surface area contributed by atoms with Crippen LogP contribution in [0.3, 0.4) is 0 Å². The first-order valence-corrected chi connectivity index (χ1v) is 9.65. The first-order chi connectivity index (χ1) is 12.1. The first-order valence-electron chi connectivity index (χ1n) is 8.77. The van der Waals surface area contributed by atoms with E-state index in [0.717, 1.165) is 42.2 Å². The summed E-state index contributed by atoms with van der Waals surface area (Å²) in [4.78, 5) is 19.0. The van der Waals surface area contributed by atoms with Crippen LogP contribution in [-0.4, -0.2) is 35.5 Å². The van der Waals surface area contributed by atoms with Crippen LogP contribution in [0.15, 0.2) is 23.6 Å². The molecule has 0 atom stereocenters. The second-order valence-corrected chi connectivity index (χ2v) is 7.44. The summed E-state index contributed by atoms with van der Waals surface area (Å²) in [7, 11) is 0. The molecule has 0 bridgehead atoms. The molecule has 1 fully saturated rings. The molecular weight excluding hydrogens is 334 g/mol. The van der Waals surface area contributed by atoms with E-state index in [2.05, 4.69) is 15.2 Å². The summed E-state index contributed by atoms with van der Waals surface area (Å²) in [6.07, 6.45) is 3.86. The molecule has 6 heteroatoms. The zero-order chi connectivity index (χ0) is 17.6. The lowest BCUT2D eigenvalue weighted by molar-refractivity contribution is -0.118. The fourth-order valence-corrected chi connectivity index (χ4v) is 3.66. The van der Waals surface area contributed by atoms with Crippen molar-refractivity contribution in [1.82, 2.24) is 9.88 Å². The summed E-state index contributed by atoms with van der Waals surface area (Å²) in [5, 5.41) is 5.49. The van der Waals surface area contributed by atoms with Crippen molar-refractivity contribution >= 4 is 22.4 Å². The third kappa shape index (κ3) is 5.28. The van der Waals surface area contributed by atoms with Crippen LogP contribution in [0.4, 0.5) is 5.13 Å². The number of rotatable bonds is 6. The van der Waals surface area contributed by atoms with E-state index in [-0.39, 0.29) is 12.5 Å². The largest absolute Gasteiger partial charge is 0.483 e. The summed E-state index contributed by atoms with van der Waals surface area (Å²) in [6.45, 7) is 7.12. The van der Waals surface area contributed by atoms with E-state index >= 15 is 0 Å². The standard InChI is InChI=1S/C19H25N3O2S/c1-14-6-7-15(2)17(10-14)24-12-18(23)21-19-20-16(13-25-19)11-22-8-4-3-5-9-22/h6-7,10,13H,3-5,8-9,11-12H2,1-2H3,(H,20,21,23). The molecule has 0 unspecified atom stereocenters. The molecule has 134 valence electrons. The first kappa shape index (κ1) is 17.9. The Morgan fingerprint density at radius 2 is 2.08 bits per heavy atom. The van der Waals surface area contributed by atoms with E-state index < -0.39 is 0 Å². The lowest BCUT2D eigenvalue weighted by atomic mass is 10.1. The van der Waals surface area contributed by atoms with Crippen molar-refractivity contribution in [3.63, 3.8) is 0 Å². The predicted molar refractivity (Wildman–Crippen MR) is 101 cm³/mol. The van der Waals surface area contributed by atoms with Crippen LogP contribution in [0.5, 0.6) is 5.75 Å². The summed E-state index contributed by atoms with van der Waals surface area (Å²) in [5.41, 5.74) is 3.16. The fourth-order valence-electron chi connectivity index (χ4n) is 2.95. The highest BCUT2D eigenvalue weighted by molar-refractivity contribution is 7.13. The maximum atomic E-state index is 12.1. The number of nitrogens with one attached hydrogen (secondary N) is 1. The number of thiazole rings is 1. The van der Waals surface area contributed by atoms with Gasteiger partial charge < -0.3 is 4.74 Å². The molecule has 1 aromatic heterocycles. The van der Waals surface area contributed by atoms with Crippen molar-refractivity contribution in [2.75, 3.05) is 25.0 Å². The second kappa shape index (κ2) is 8.45. The molecule has 0 saturated carbocycles. The second-order valence-electron chi connectivity index (χ2n) is 6.59. The number of benzene rings is 1. The Kier molecular flexibility index (Phi) is 6.04. The average Bonchev–Trinajstić information content (AvgIpc) is 3.03. The lowest BCUT2D eigenvalue weighted by Crippen LogP contribution is -2.29. The molecule has 3 rings (SSSR count). The van der Waals surface area contributed by atoms with Gasteiger partial charge in [0.05, 0.1) is 5.69 Å². The molecule has 0 spiro atoms. The van der Waals surface area contributed by atoms with Crippen LogP contribution in [-0.2, 0) is 11.3 Å². The molecule has 1 aliphatic rings. The van der Waals surface area contributed by atoms with Gasteiger partial charge in [0.25, 0.3) is 5.91 Å².